The van der Waals surface area contributed by atoms with Crippen molar-refractivity contribution in [2.45, 2.75) is 16.4 Å². The minimum atomic E-state index is -0.262. The van der Waals surface area contributed by atoms with E-state index in [1.165, 1.54) is 0 Å². The largest absolute Gasteiger partial charge is 0.360 e. The van der Waals surface area contributed by atoms with Crippen molar-refractivity contribution in [2.75, 3.05) is 0 Å². The number of allylic oxidation sites excluding steroid dienone is 2. The van der Waals surface area contributed by atoms with E-state index in [9.17, 15) is 0 Å². The summed E-state index contributed by atoms with van der Waals surface area (Å²) >= 11 is 13.6. The Morgan fingerprint density at radius 1 is 1.42 bits per heavy atom. The van der Waals surface area contributed by atoms with Gasteiger partial charge in [0, 0.05) is 5.70 Å². The summed E-state index contributed by atoms with van der Waals surface area (Å²) in [6.45, 7) is 0. The number of thioether (sulfide) groups is 1. The molecule has 3 unspecified atom stereocenters. The maximum atomic E-state index is 6.05. The summed E-state index contributed by atoms with van der Waals surface area (Å²) in [6, 6.07) is 0. The smallest absolute Gasteiger partial charge is 0.156 e. The third kappa shape index (κ3) is 1.59. The molecular weight excluding hydrogens is 215 g/mol. The Hall–Kier alpha value is 0.170. The number of nitrogens with one attached hydrogen (secondary N) is 2. The standard InChI is InChI=1S/C7H8Cl2N2S/c8-6-5-4(2-1-3-12-5)10-7(9)11-6/h1-3,5-7,10-11H. The zero-order valence-electron chi connectivity index (χ0n) is 6.13. The number of alkyl halides is 2. The van der Waals surface area contributed by atoms with Gasteiger partial charge in [-0.15, -0.1) is 23.4 Å². The van der Waals surface area contributed by atoms with Gasteiger partial charge in [0.2, 0.25) is 0 Å². The molecule has 2 heterocycles. The molecule has 0 saturated carbocycles. The Morgan fingerprint density at radius 2 is 2.25 bits per heavy atom. The lowest BCUT2D eigenvalue weighted by Gasteiger charge is -2.35. The van der Waals surface area contributed by atoms with E-state index in [1.54, 1.807) is 11.8 Å². The van der Waals surface area contributed by atoms with Crippen LogP contribution >= 0.6 is 35.0 Å². The molecule has 0 amide bonds. The van der Waals surface area contributed by atoms with Crippen molar-refractivity contribution in [1.82, 2.24) is 10.6 Å². The number of hydrogen-bond acceptors (Lipinski definition) is 3. The Kier molecular flexibility index (Phi) is 2.55. The van der Waals surface area contributed by atoms with E-state index in [0.29, 0.717) is 0 Å². The van der Waals surface area contributed by atoms with Crippen LogP contribution in [-0.2, 0) is 0 Å². The minimum Gasteiger partial charge on any atom is -0.360 e. The molecule has 0 aromatic rings. The molecule has 0 aromatic heterocycles. The highest BCUT2D eigenvalue weighted by molar-refractivity contribution is 8.03. The first kappa shape index (κ1) is 8.75. The highest BCUT2D eigenvalue weighted by atomic mass is 35.5. The van der Waals surface area contributed by atoms with E-state index in [1.807, 2.05) is 17.6 Å². The molecule has 1 fully saturated rings. The van der Waals surface area contributed by atoms with E-state index in [-0.39, 0.29) is 16.4 Å². The molecule has 12 heavy (non-hydrogen) atoms. The van der Waals surface area contributed by atoms with Gasteiger partial charge in [-0.2, -0.15) is 0 Å². The van der Waals surface area contributed by atoms with Crippen LogP contribution in [0.25, 0.3) is 0 Å². The second kappa shape index (κ2) is 3.50. The Balaban J connectivity index is 2.18. The van der Waals surface area contributed by atoms with Gasteiger partial charge >= 0.3 is 0 Å². The zero-order chi connectivity index (χ0) is 8.55. The van der Waals surface area contributed by atoms with Crippen LogP contribution in [-0.4, -0.2) is 16.4 Å². The number of fused-ring (bicyclic) bond motifs is 1. The molecule has 0 radical (unpaired) electrons. The van der Waals surface area contributed by atoms with E-state index in [0.717, 1.165) is 5.70 Å². The van der Waals surface area contributed by atoms with Gasteiger partial charge in [-0.3, -0.25) is 5.32 Å². The Morgan fingerprint density at radius 3 is 3.08 bits per heavy atom. The first-order valence-electron chi connectivity index (χ1n) is 3.60. The fourth-order valence-corrected chi connectivity index (χ4v) is 2.83. The monoisotopic (exact) mass is 222 g/mol. The van der Waals surface area contributed by atoms with Gasteiger partial charge in [0.1, 0.15) is 5.50 Å². The number of halogens is 2. The predicted octanol–water partition coefficient (Wildman–Crippen LogP) is 1.78. The fraction of sp³-hybridized carbons (Fsp3) is 0.429. The van der Waals surface area contributed by atoms with Crippen LogP contribution in [0.2, 0.25) is 0 Å². The zero-order valence-corrected chi connectivity index (χ0v) is 8.46. The maximum absolute atomic E-state index is 6.05. The number of hydrogen-bond donors (Lipinski definition) is 2. The summed E-state index contributed by atoms with van der Waals surface area (Å²) in [7, 11) is 0. The molecule has 5 heteroatoms. The van der Waals surface area contributed by atoms with Crippen LogP contribution in [0, 0.1) is 0 Å². The SMILES string of the molecule is ClC1NC2=CC=CSC2C(Cl)N1. The van der Waals surface area contributed by atoms with Gasteiger partial charge in [0.25, 0.3) is 0 Å². The van der Waals surface area contributed by atoms with Gasteiger partial charge in [0.15, 0.2) is 5.62 Å². The lowest BCUT2D eigenvalue weighted by molar-refractivity contribution is 0.490. The Labute approximate surface area is 85.4 Å². The van der Waals surface area contributed by atoms with Gasteiger partial charge in [-0.1, -0.05) is 17.7 Å². The second-order valence-electron chi connectivity index (χ2n) is 2.58. The maximum Gasteiger partial charge on any atom is 0.156 e. The minimum absolute atomic E-state index is 0.102. The molecule has 2 aliphatic rings. The van der Waals surface area contributed by atoms with Crippen LogP contribution < -0.4 is 10.6 Å². The summed E-state index contributed by atoms with van der Waals surface area (Å²) in [5.74, 6) is 0. The topological polar surface area (TPSA) is 24.1 Å². The van der Waals surface area contributed by atoms with Crippen molar-refractivity contribution in [1.29, 1.82) is 0 Å². The molecule has 2 aliphatic heterocycles. The van der Waals surface area contributed by atoms with Crippen molar-refractivity contribution in [3.63, 3.8) is 0 Å². The first-order chi connectivity index (χ1) is 5.77. The second-order valence-corrected chi connectivity index (χ2v) is 4.54. The molecule has 0 spiro atoms. The van der Waals surface area contributed by atoms with Crippen LogP contribution in [0.5, 0.6) is 0 Å². The highest BCUT2D eigenvalue weighted by Crippen LogP contribution is 2.30. The third-order valence-corrected chi connectivity index (χ3v) is 3.65. The number of rotatable bonds is 0. The average Bonchev–Trinajstić information content (AvgIpc) is 2.04. The summed E-state index contributed by atoms with van der Waals surface area (Å²) in [4.78, 5) is 0. The molecule has 2 rings (SSSR count). The van der Waals surface area contributed by atoms with Crippen molar-refractivity contribution in [3.05, 3.63) is 23.3 Å². The van der Waals surface area contributed by atoms with Crippen LogP contribution in [0.1, 0.15) is 0 Å². The summed E-state index contributed by atoms with van der Waals surface area (Å²) < 4.78 is 0. The Bertz CT molecular complexity index is 242. The van der Waals surface area contributed by atoms with E-state index in [2.05, 4.69) is 10.6 Å². The lowest BCUT2D eigenvalue weighted by atomic mass is 10.2. The first-order valence-corrected chi connectivity index (χ1v) is 5.42. The molecular formula is C7H8Cl2N2S. The van der Waals surface area contributed by atoms with E-state index >= 15 is 0 Å². The summed E-state index contributed by atoms with van der Waals surface area (Å²) in [5.41, 5.74) is 0.735. The van der Waals surface area contributed by atoms with Crippen LogP contribution in [0.15, 0.2) is 23.3 Å². The molecule has 0 aliphatic carbocycles. The summed E-state index contributed by atoms with van der Waals surface area (Å²) in [6.07, 6.45) is 3.99. The van der Waals surface area contributed by atoms with Crippen LogP contribution in [0.4, 0.5) is 0 Å². The van der Waals surface area contributed by atoms with Crippen molar-refractivity contribution in [2.24, 2.45) is 0 Å². The summed E-state index contributed by atoms with van der Waals surface area (Å²) in [5, 5.41) is 8.40. The molecule has 2 N–H and O–H groups in total. The lowest BCUT2D eigenvalue weighted by Crippen LogP contribution is -2.54. The molecule has 0 aromatic carbocycles. The van der Waals surface area contributed by atoms with E-state index < -0.39 is 0 Å². The van der Waals surface area contributed by atoms with E-state index in [4.69, 9.17) is 23.2 Å². The molecule has 1 saturated heterocycles. The molecule has 66 valence electrons. The molecule has 3 atom stereocenters. The predicted molar refractivity (Wildman–Crippen MR) is 54.2 cm³/mol. The van der Waals surface area contributed by atoms with Crippen molar-refractivity contribution < 1.29 is 0 Å². The quantitative estimate of drug-likeness (QED) is 0.483. The molecule has 0 bridgehead atoms. The van der Waals surface area contributed by atoms with Gasteiger partial charge in [0.05, 0.1) is 5.25 Å². The van der Waals surface area contributed by atoms with Gasteiger partial charge in [-0.05, 0) is 11.5 Å². The average molecular weight is 223 g/mol. The fourth-order valence-electron chi connectivity index (χ4n) is 1.21. The van der Waals surface area contributed by atoms with Crippen molar-refractivity contribution >= 4 is 35.0 Å². The normalized spacial score (nSPS) is 39.8. The third-order valence-electron chi connectivity index (χ3n) is 1.75. The van der Waals surface area contributed by atoms with Gasteiger partial charge < -0.3 is 5.32 Å². The molecule has 2 nitrogen and oxygen atoms in total. The van der Waals surface area contributed by atoms with Crippen LogP contribution in [0.3, 0.4) is 0 Å². The van der Waals surface area contributed by atoms with Crippen molar-refractivity contribution in [3.8, 4) is 0 Å². The van der Waals surface area contributed by atoms with Gasteiger partial charge in [-0.25, -0.2) is 0 Å². The highest BCUT2D eigenvalue weighted by Gasteiger charge is 2.31.